The van der Waals surface area contributed by atoms with Gasteiger partial charge in [-0.2, -0.15) is 4.57 Å². The Morgan fingerprint density at radius 1 is 0.889 bits per heavy atom. The van der Waals surface area contributed by atoms with Crippen LogP contribution >= 0.6 is 11.6 Å². The van der Waals surface area contributed by atoms with E-state index < -0.39 is 17.4 Å². The first-order valence-electron chi connectivity index (χ1n) is 11.6. The lowest BCUT2D eigenvalue weighted by Gasteiger charge is -2.13. The van der Waals surface area contributed by atoms with Crippen LogP contribution in [0.2, 0.25) is 5.02 Å². The summed E-state index contributed by atoms with van der Waals surface area (Å²) in [5, 5.41) is 3.63. The van der Waals surface area contributed by atoms with Crippen molar-refractivity contribution >= 4 is 40.4 Å². The molecule has 0 atom stereocenters. The molecule has 1 aliphatic rings. The largest absolute Gasteiger partial charge is 0.331 e. The van der Waals surface area contributed by atoms with Crippen LogP contribution in [-0.2, 0) is 9.59 Å². The van der Waals surface area contributed by atoms with Gasteiger partial charge in [0, 0.05) is 22.3 Å². The molecule has 0 aliphatic carbocycles. The normalized spacial score (nSPS) is 13.9. The van der Waals surface area contributed by atoms with Crippen LogP contribution in [0.25, 0.3) is 17.0 Å². The fraction of sp³-hybridized carbons (Fsp3) is 0.143. The number of carbonyl (C=O) groups is 2. The quantitative estimate of drug-likeness (QED) is 0.325. The van der Waals surface area contributed by atoms with Gasteiger partial charge >= 0.3 is 5.91 Å². The molecule has 180 valence electrons. The smallest absolute Gasteiger partial charge is 0.294 e. The molecule has 5 rings (SSSR count). The minimum atomic E-state index is -0.550. The number of amides is 2. The molecule has 0 radical (unpaired) electrons. The lowest BCUT2D eigenvalue weighted by atomic mass is 9.98. The van der Waals surface area contributed by atoms with Crippen molar-refractivity contribution in [3.05, 3.63) is 111 Å². The van der Waals surface area contributed by atoms with Gasteiger partial charge in [-0.25, -0.2) is 9.58 Å². The molecule has 0 saturated carbocycles. The topological polar surface area (TPSA) is 79.1 Å². The molecule has 2 aromatic carbocycles. The van der Waals surface area contributed by atoms with E-state index in [-0.39, 0.29) is 22.8 Å². The van der Waals surface area contributed by atoms with Crippen LogP contribution < -0.4 is 15.0 Å². The molecule has 8 heteroatoms. The first kappa shape index (κ1) is 23.5. The lowest BCUT2D eigenvalue weighted by Crippen LogP contribution is -2.39. The summed E-state index contributed by atoms with van der Waals surface area (Å²) in [7, 11) is 0. The number of benzene rings is 2. The van der Waals surface area contributed by atoms with Crippen LogP contribution in [0.5, 0.6) is 0 Å². The highest BCUT2D eigenvalue weighted by Gasteiger charge is 2.48. The van der Waals surface area contributed by atoms with Crippen molar-refractivity contribution in [2.75, 3.05) is 4.90 Å². The first-order chi connectivity index (χ1) is 17.3. The average molecular weight is 500 g/mol. The van der Waals surface area contributed by atoms with E-state index in [2.05, 4.69) is 5.10 Å². The summed E-state index contributed by atoms with van der Waals surface area (Å²) in [4.78, 5) is 42.8. The highest BCUT2D eigenvalue weighted by Crippen LogP contribution is 2.35. The van der Waals surface area contributed by atoms with E-state index in [1.54, 1.807) is 71.6 Å². The van der Waals surface area contributed by atoms with Gasteiger partial charge in [0.1, 0.15) is 5.57 Å². The molecule has 0 bridgehead atoms. The third kappa shape index (κ3) is 3.87. The van der Waals surface area contributed by atoms with Crippen LogP contribution in [0.15, 0.2) is 83.9 Å². The van der Waals surface area contributed by atoms with Crippen LogP contribution in [0.1, 0.15) is 36.6 Å². The van der Waals surface area contributed by atoms with Gasteiger partial charge in [0.25, 0.3) is 17.2 Å². The van der Waals surface area contributed by atoms with Crippen molar-refractivity contribution in [1.29, 1.82) is 0 Å². The first-order valence-corrected chi connectivity index (χ1v) is 11.9. The van der Waals surface area contributed by atoms with E-state index in [9.17, 15) is 14.4 Å². The van der Waals surface area contributed by atoms with Gasteiger partial charge in [-0.3, -0.25) is 19.5 Å². The molecule has 0 spiro atoms. The summed E-state index contributed by atoms with van der Waals surface area (Å²) >= 11 is 6.18. The lowest BCUT2D eigenvalue weighted by molar-refractivity contribution is -0.577. The minimum Gasteiger partial charge on any atom is -0.294 e. The van der Waals surface area contributed by atoms with E-state index in [1.165, 1.54) is 4.68 Å². The zero-order valence-corrected chi connectivity index (χ0v) is 20.8. The monoisotopic (exact) mass is 499 g/mol. The Hall–Kier alpha value is -4.23. The number of aromatic amines is 1. The Morgan fingerprint density at radius 3 is 2.28 bits per heavy atom. The number of carbonyl (C=O) groups excluding carboxylic acids is 2. The summed E-state index contributed by atoms with van der Waals surface area (Å²) in [5.41, 5.74) is 2.35. The second-order valence-corrected chi connectivity index (χ2v) is 9.41. The maximum Gasteiger partial charge on any atom is 0.331 e. The summed E-state index contributed by atoms with van der Waals surface area (Å²) in [6.45, 7) is 5.75. The number of H-pyrrole nitrogens is 1. The van der Waals surface area contributed by atoms with Gasteiger partial charge in [0.15, 0.2) is 12.4 Å². The zero-order valence-electron chi connectivity index (χ0n) is 20.0. The van der Waals surface area contributed by atoms with Crippen LogP contribution in [-0.4, -0.2) is 21.6 Å². The van der Waals surface area contributed by atoms with Crippen LogP contribution in [0.4, 0.5) is 5.69 Å². The summed E-state index contributed by atoms with van der Waals surface area (Å²) in [6.07, 6.45) is 3.48. The highest BCUT2D eigenvalue weighted by molar-refractivity contribution is 6.53. The molecule has 3 heterocycles. The average Bonchev–Trinajstić information content (AvgIpc) is 3.32. The number of halogens is 1. The number of hydrogen-bond acceptors (Lipinski definition) is 3. The number of rotatable bonds is 5. The third-order valence-corrected chi connectivity index (χ3v) is 6.33. The molecule has 1 aliphatic heterocycles. The second kappa shape index (κ2) is 9.09. The number of pyridine rings is 1. The van der Waals surface area contributed by atoms with Gasteiger partial charge in [0.2, 0.25) is 0 Å². The Bertz CT molecular complexity index is 1600. The molecule has 0 saturated heterocycles. The van der Waals surface area contributed by atoms with Gasteiger partial charge in [0.05, 0.1) is 16.9 Å². The number of hydrogen-bond donors (Lipinski definition) is 1. The maximum absolute atomic E-state index is 14.0. The van der Waals surface area contributed by atoms with Gasteiger partial charge in [-0.1, -0.05) is 49.7 Å². The molecule has 2 amide bonds. The van der Waals surface area contributed by atoms with Crippen molar-refractivity contribution in [1.82, 2.24) is 9.78 Å². The molecule has 36 heavy (non-hydrogen) atoms. The Balaban J connectivity index is 1.82. The number of para-hydroxylation sites is 1. The number of imide groups is 1. The van der Waals surface area contributed by atoms with Crippen LogP contribution in [0.3, 0.4) is 0 Å². The fourth-order valence-corrected chi connectivity index (χ4v) is 4.62. The molecule has 7 nitrogen and oxygen atoms in total. The maximum atomic E-state index is 14.0. The van der Waals surface area contributed by atoms with E-state index >= 15 is 0 Å². The number of nitrogens with zero attached hydrogens (tertiary/aromatic N) is 3. The van der Waals surface area contributed by atoms with Crippen LogP contribution in [0, 0.1) is 6.92 Å². The third-order valence-electron chi connectivity index (χ3n) is 6.09. The molecule has 0 fully saturated rings. The predicted molar refractivity (Wildman–Crippen MR) is 139 cm³/mol. The Kier molecular flexibility index (Phi) is 5.94. The summed E-state index contributed by atoms with van der Waals surface area (Å²) in [5.74, 6) is -1.19. The number of anilines is 1. The van der Waals surface area contributed by atoms with Gasteiger partial charge in [-0.05, 0) is 49.2 Å². The number of aromatic nitrogens is 3. The standard InChI is InChI=1S/C28H23ClN4O3/c1-17(2)24-22(27(35)33(30-24)21-13-7-10-19(29)15-21)23-25(31-14-8-9-18(3)16-31)28(36)32(26(23)34)20-11-5-4-6-12-20/h4-17H,1-3H3/p+1. The van der Waals surface area contributed by atoms with E-state index in [1.807, 2.05) is 32.9 Å². The fourth-order valence-electron chi connectivity index (χ4n) is 4.44. The van der Waals surface area contributed by atoms with Crippen molar-refractivity contribution in [3.8, 4) is 5.69 Å². The molecular weight excluding hydrogens is 476 g/mol. The van der Waals surface area contributed by atoms with Crippen molar-refractivity contribution in [2.45, 2.75) is 26.7 Å². The van der Waals surface area contributed by atoms with E-state index in [0.717, 1.165) is 10.5 Å². The van der Waals surface area contributed by atoms with Gasteiger partial charge < -0.3 is 0 Å². The van der Waals surface area contributed by atoms with E-state index in [0.29, 0.717) is 22.1 Å². The van der Waals surface area contributed by atoms with Crippen molar-refractivity contribution < 1.29 is 14.2 Å². The summed E-state index contributed by atoms with van der Waals surface area (Å²) < 4.78 is 2.99. The molecule has 0 unspecified atom stereocenters. The highest BCUT2D eigenvalue weighted by atomic mass is 35.5. The molecule has 1 N–H and O–H groups in total. The van der Waals surface area contributed by atoms with Crippen molar-refractivity contribution in [3.63, 3.8) is 0 Å². The zero-order chi connectivity index (χ0) is 25.6. The SMILES string of the molecule is Cc1ccc[n+](C2=C(c3c(C(C)C)[nH]n(-c4cccc(Cl)c4)c3=O)C(=O)N(c3ccccc3)C2=O)c1. The molecular formula is C28H24ClN4O3+. The number of aryl methyl sites for hydroxylation is 1. The number of nitrogens with one attached hydrogen (secondary N) is 1. The molecule has 2 aromatic heterocycles. The Labute approximate surface area is 212 Å². The minimum absolute atomic E-state index is 0.0604. The second-order valence-electron chi connectivity index (χ2n) is 8.97. The van der Waals surface area contributed by atoms with E-state index in [4.69, 9.17) is 11.6 Å². The molecule has 4 aromatic rings. The van der Waals surface area contributed by atoms with Gasteiger partial charge in [-0.15, -0.1) is 0 Å². The Morgan fingerprint density at radius 2 is 1.61 bits per heavy atom. The predicted octanol–water partition coefficient (Wildman–Crippen LogP) is 4.48. The summed E-state index contributed by atoms with van der Waals surface area (Å²) in [6, 6.07) is 19.3. The van der Waals surface area contributed by atoms with Crippen molar-refractivity contribution in [2.24, 2.45) is 0 Å².